The fourth-order valence-electron chi connectivity index (χ4n) is 2.09. The molecule has 0 aromatic rings. The quantitative estimate of drug-likeness (QED) is 0.798. The van der Waals surface area contributed by atoms with Gasteiger partial charge < -0.3 is 5.11 Å². The predicted octanol–water partition coefficient (Wildman–Crippen LogP) is 0.767. The van der Waals surface area contributed by atoms with Crippen LogP contribution >= 0.6 is 0 Å². The van der Waals surface area contributed by atoms with Gasteiger partial charge in [-0.15, -0.1) is 0 Å². The van der Waals surface area contributed by atoms with Crippen LogP contribution in [-0.4, -0.2) is 42.1 Å². The molecule has 0 amide bonds. The van der Waals surface area contributed by atoms with Crippen LogP contribution in [-0.2, 0) is 14.8 Å². The third-order valence-corrected chi connectivity index (χ3v) is 5.17. The van der Waals surface area contributed by atoms with Gasteiger partial charge in [0.1, 0.15) is 6.04 Å². The maximum atomic E-state index is 11.8. The van der Waals surface area contributed by atoms with Gasteiger partial charge in [0, 0.05) is 6.54 Å². The van der Waals surface area contributed by atoms with Crippen LogP contribution in [0, 0.1) is 11.8 Å². The Morgan fingerprint density at radius 1 is 1.56 bits per heavy atom. The molecule has 1 saturated heterocycles. The topological polar surface area (TPSA) is 74.7 Å². The van der Waals surface area contributed by atoms with Gasteiger partial charge in [-0.25, -0.2) is 8.42 Å². The number of sulfonamides is 1. The van der Waals surface area contributed by atoms with Crippen molar-refractivity contribution >= 4 is 16.0 Å². The summed E-state index contributed by atoms with van der Waals surface area (Å²) in [5.74, 6) is -1.15. The molecule has 1 rings (SSSR count). The van der Waals surface area contributed by atoms with Crippen LogP contribution in [0.2, 0.25) is 0 Å². The number of carboxylic acids is 1. The van der Waals surface area contributed by atoms with Gasteiger partial charge in [-0.2, -0.15) is 4.31 Å². The Hall–Kier alpha value is -0.620. The van der Waals surface area contributed by atoms with E-state index in [-0.39, 0.29) is 17.6 Å². The van der Waals surface area contributed by atoms with Crippen LogP contribution in [0.15, 0.2) is 0 Å². The van der Waals surface area contributed by atoms with Crippen LogP contribution < -0.4 is 0 Å². The molecular weight excluding hydrogens is 230 g/mol. The Kier molecular flexibility index (Phi) is 3.96. The van der Waals surface area contributed by atoms with E-state index < -0.39 is 22.0 Å². The highest BCUT2D eigenvalue weighted by Gasteiger charge is 2.43. The summed E-state index contributed by atoms with van der Waals surface area (Å²) in [6, 6.07) is -0.917. The molecule has 1 fully saturated rings. The Morgan fingerprint density at radius 2 is 2.12 bits per heavy atom. The lowest BCUT2D eigenvalue weighted by Crippen LogP contribution is -2.46. The second-order valence-electron chi connectivity index (χ2n) is 4.62. The first kappa shape index (κ1) is 13.4. The van der Waals surface area contributed by atoms with Gasteiger partial charge in [0.15, 0.2) is 0 Å². The lowest BCUT2D eigenvalue weighted by atomic mass is 9.99. The minimum Gasteiger partial charge on any atom is -0.480 e. The maximum absolute atomic E-state index is 11.8. The molecule has 1 heterocycles. The zero-order chi connectivity index (χ0) is 12.5. The first-order valence-electron chi connectivity index (χ1n) is 5.52. The Bertz CT molecular complexity index is 365. The first-order chi connectivity index (χ1) is 7.29. The molecule has 5 nitrogen and oxygen atoms in total. The molecule has 0 saturated carbocycles. The van der Waals surface area contributed by atoms with Crippen molar-refractivity contribution in [3.05, 3.63) is 0 Å². The highest BCUT2D eigenvalue weighted by atomic mass is 32.2. The predicted molar refractivity (Wildman–Crippen MR) is 60.5 cm³/mol. The van der Waals surface area contributed by atoms with E-state index in [1.165, 1.54) is 0 Å². The van der Waals surface area contributed by atoms with Crippen molar-refractivity contribution in [2.24, 2.45) is 11.8 Å². The monoisotopic (exact) mass is 249 g/mol. The molecule has 0 aromatic heterocycles. The molecule has 0 aromatic carbocycles. The van der Waals surface area contributed by atoms with Gasteiger partial charge in [-0.05, 0) is 11.8 Å². The smallest absolute Gasteiger partial charge is 0.322 e. The van der Waals surface area contributed by atoms with E-state index in [4.69, 9.17) is 5.11 Å². The van der Waals surface area contributed by atoms with E-state index >= 15 is 0 Å². The van der Waals surface area contributed by atoms with E-state index in [9.17, 15) is 13.2 Å². The Morgan fingerprint density at radius 3 is 2.44 bits per heavy atom. The van der Waals surface area contributed by atoms with Crippen molar-refractivity contribution in [2.75, 3.05) is 12.3 Å². The van der Waals surface area contributed by atoms with Gasteiger partial charge in [0.05, 0.1) is 5.75 Å². The summed E-state index contributed by atoms with van der Waals surface area (Å²) >= 11 is 0. The summed E-state index contributed by atoms with van der Waals surface area (Å²) in [6.45, 7) is 5.79. The number of hydrogen-bond acceptors (Lipinski definition) is 3. The standard InChI is InChI=1S/C10H19NO4S/c1-4-8(3)9(10(12)13)11-5-7(2)6-16(11,14)15/h7-9H,4-6H2,1-3H3,(H,12,13). The van der Waals surface area contributed by atoms with E-state index in [2.05, 4.69) is 0 Å². The van der Waals surface area contributed by atoms with E-state index in [0.717, 1.165) is 4.31 Å². The molecule has 0 radical (unpaired) electrons. The van der Waals surface area contributed by atoms with Gasteiger partial charge in [0.2, 0.25) is 10.0 Å². The zero-order valence-electron chi connectivity index (χ0n) is 9.88. The van der Waals surface area contributed by atoms with Crippen LogP contribution in [0.1, 0.15) is 27.2 Å². The molecule has 16 heavy (non-hydrogen) atoms. The minimum atomic E-state index is -3.38. The van der Waals surface area contributed by atoms with E-state index in [0.29, 0.717) is 13.0 Å². The number of carboxylic acid groups (broad SMARTS) is 1. The van der Waals surface area contributed by atoms with Gasteiger partial charge in [-0.1, -0.05) is 27.2 Å². The lowest BCUT2D eigenvalue weighted by Gasteiger charge is -2.27. The highest BCUT2D eigenvalue weighted by molar-refractivity contribution is 7.89. The van der Waals surface area contributed by atoms with Crippen molar-refractivity contribution in [3.63, 3.8) is 0 Å². The molecule has 0 aliphatic carbocycles. The van der Waals surface area contributed by atoms with Crippen LogP contribution in [0.4, 0.5) is 0 Å². The second kappa shape index (κ2) is 4.71. The maximum Gasteiger partial charge on any atom is 0.322 e. The van der Waals surface area contributed by atoms with E-state index in [1.54, 1.807) is 6.92 Å². The molecule has 1 aliphatic heterocycles. The average molecular weight is 249 g/mol. The fourth-order valence-corrected chi connectivity index (χ4v) is 4.23. The third kappa shape index (κ3) is 2.55. The Balaban J connectivity index is 3.00. The van der Waals surface area contributed by atoms with Crippen molar-refractivity contribution in [2.45, 2.75) is 33.2 Å². The molecule has 1 N–H and O–H groups in total. The van der Waals surface area contributed by atoms with Crippen LogP contribution in [0.3, 0.4) is 0 Å². The molecule has 0 bridgehead atoms. The third-order valence-electron chi connectivity index (χ3n) is 3.09. The largest absolute Gasteiger partial charge is 0.480 e. The van der Waals surface area contributed by atoms with Crippen molar-refractivity contribution < 1.29 is 18.3 Å². The summed E-state index contributed by atoms with van der Waals surface area (Å²) in [5, 5.41) is 9.15. The molecule has 94 valence electrons. The van der Waals surface area contributed by atoms with Gasteiger partial charge in [-0.3, -0.25) is 4.79 Å². The number of hydrogen-bond donors (Lipinski definition) is 1. The number of rotatable bonds is 4. The molecule has 0 spiro atoms. The normalized spacial score (nSPS) is 28.8. The average Bonchev–Trinajstić information content (AvgIpc) is 2.39. The minimum absolute atomic E-state index is 0.0101. The highest BCUT2D eigenvalue weighted by Crippen LogP contribution is 2.26. The van der Waals surface area contributed by atoms with Crippen molar-refractivity contribution in [1.29, 1.82) is 0 Å². The molecule has 6 heteroatoms. The molecule has 1 aliphatic rings. The zero-order valence-corrected chi connectivity index (χ0v) is 10.7. The molecular formula is C10H19NO4S. The summed E-state index contributed by atoms with van der Waals surface area (Å²) in [5.41, 5.74) is 0. The van der Waals surface area contributed by atoms with Crippen molar-refractivity contribution in [1.82, 2.24) is 4.31 Å². The van der Waals surface area contributed by atoms with E-state index in [1.807, 2.05) is 13.8 Å². The summed E-state index contributed by atoms with van der Waals surface area (Å²) in [7, 11) is -3.38. The number of carbonyl (C=O) groups is 1. The van der Waals surface area contributed by atoms with Crippen LogP contribution in [0.25, 0.3) is 0 Å². The second-order valence-corrected chi connectivity index (χ2v) is 6.59. The van der Waals surface area contributed by atoms with Gasteiger partial charge >= 0.3 is 5.97 Å². The SMILES string of the molecule is CCC(C)C(C(=O)O)N1CC(C)CS1(=O)=O. The van der Waals surface area contributed by atoms with Crippen molar-refractivity contribution in [3.8, 4) is 0 Å². The number of nitrogens with zero attached hydrogens (tertiary/aromatic N) is 1. The number of aliphatic carboxylic acids is 1. The summed E-state index contributed by atoms with van der Waals surface area (Å²) in [6.07, 6.45) is 0.650. The summed E-state index contributed by atoms with van der Waals surface area (Å²) < 4.78 is 24.8. The Labute approximate surface area is 96.5 Å². The van der Waals surface area contributed by atoms with Gasteiger partial charge in [0.25, 0.3) is 0 Å². The van der Waals surface area contributed by atoms with Crippen LogP contribution in [0.5, 0.6) is 0 Å². The fraction of sp³-hybridized carbons (Fsp3) is 0.900. The molecule has 3 unspecified atom stereocenters. The first-order valence-corrected chi connectivity index (χ1v) is 7.12. The summed E-state index contributed by atoms with van der Waals surface area (Å²) in [4.78, 5) is 11.2. The lowest BCUT2D eigenvalue weighted by molar-refractivity contribution is -0.143. The molecule has 3 atom stereocenters.